The van der Waals surface area contributed by atoms with Gasteiger partial charge in [-0.1, -0.05) is 36.9 Å². The molecule has 5 rings (SSSR count). The zero-order chi connectivity index (χ0) is 26.9. The normalized spacial score (nSPS) is 24.3. The first-order valence-electron chi connectivity index (χ1n) is 12.8. The van der Waals surface area contributed by atoms with Crippen molar-refractivity contribution in [2.24, 2.45) is 0 Å². The number of hydrogen-bond acceptors (Lipinski definition) is 5. The van der Waals surface area contributed by atoms with Crippen molar-refractivity contribution in [2.45, 2.75) is 56.7 Å². The number of piperidine rings is 2. The molecular formula is C28H31F3N4O3. The molecule has 3 atom stereocenters. The van der Waals surface area contributed by atoms with Crippen molar-refractivity contribution in [3.8, 4) is 5.75 Å². The van der Waals surface area contributed by atoms with E-state index in [1.54, 1.807) is 23.1 Å². The average Bonchev–Trinajstić information content (AvgIpc) is 3.18. The van der Waals surface area contributed by atoms with E-state index in [9.17, 15) is 22.8 Å². The van der Waals surface area contributed by atoms with Crippen molar-refractivity contribution in [3.63, 3.8) is 0 Å². The van der Waals surface area contributed by atoms with Crippen LogP contribution in [0.15, 0.2) is 60.8 Å². The third kappa shape index (κ3) is 6.02. The van der Waals surface area contributed by atoms with E-state index in [0.29, 0.717) is 49.4 Å². The minimum absolute atomic E-state index is 0.125. The van der Waals surface area contributed by atoms with Crippen molar-refractivity contribution in [3.05, 3.63) is 77.5 Å². The number of allylic oxidation sites excluding steroid dienone is 1. The van der Waals surface area contributed by atoms with E-state index in [0.717, 1.165) is 11.1 Å². The summed E-state index contributed by atoms with van der Waals surface area (Å²) in [7, 11) is 0. The molecule has 2 aromatic carbocycles. The first-order valence-corrected chi connectivity index (χ1v) is 12.8. The fourth-order valence-electron chi connectivity index (χ4n) is 5.45. The van der Waals surface area contributed by atoms with E-state index in [2.05, 4.69) is 17.2 Å². The maximum absolute atomic E-state index is 13.1. The van der Waals surface area contributed by atoms with Crippen molar-refractivity contribution >= 4 is 11.8 Å². The number of likely N-dealkylation sites (tertiary alicyclic amines) is 1. The number of amides is 2. The summed E-state index contributed by atoms with van der Waals surface area (Å²) in [6, 6.07) is 14.2. The van der Waals surface area contributed by atoms with Crippen LogP contribution in [0.1, 0.15) is 40.7 Å². The van der Waals surface area contributed by atoms with Gasteiger partial charge in [0, 0.05) is 43.5 Å². The summed E-state index contributed by atoms with van der Waals surface area (Å²) in [6.45, 7) is 4.10. The monoisotopic (exact) mass is 528 g/mol. The highest BCUT2D eigenvalue weighted by molar-refractivity contribution is 6.01. The van der Waals surface area contributed by atoms with Gasteiger partial charge in [-0.2, -0.15) is 13.2 Å². The van der Waals surface area contributed by atoms with Gasteiger partial charge in [-0.3, -0.25) is 14.5 Å². The lowest BCUT2D eigenvalue weighted by Crippen LogP contribution is -2.56. The molecule has 0 saturated carbocycles. The van der Waals surface area contributed by atoms with Crippen molar-refractivity contribution in [1.29, 1.82) is 0 Å². The summed E-state index contributed by atoms with van der Waals surface area (Å²) in [6.07, 6.45) is -3.18. The summed E-state index contributed by atoms with van der Waals surface area (Å²) in [5.74, 6) is 0.0408. The molecule has 3 aliphatic rings. The number of rotatable bonds is 7. The Balaban J connectivity index is 1.30. The van der Waals surface area contributed by atoms with Gasteiger partial charge in [0.25, 0.3) is 5.91 Å². The van der Waals surface area contributed by atoms with Crippen molar-refractivity contribution < 1.29 is 27.5 Å². The zero-order valence-corrected chi connectivity index (χ0v) is 21.0. The van der Waals surface area contributed by atoms with Gasteiger partial charge < -0.3 is 20.3 Å². The van der Waals surface area contributed by atoms with Crippen LogP contribution in [0.25, 0.3) is 0 Å². The van der Waals surface area contributed by atoms with E-state index in [1.807, 2.05) is 30.3 Å². The lowest BCUT2D eigenvalue weighted by molar-refractivity contribution is -0.151. The third-order valence-corrected chi connectivity index (χ3v) is 7.35. The van der Waals surface area contributed by atoms with Crippen molar-refractivity contribution in [1.82, 2.24) is 20.4 Å². The molecule has 38 heavy (non-hydrogen) atoms. The molecule has 2 fully saturated rings. The lowest BCUT2D eigenvalue weighted by atomic mass is 10.0. The molecule has 10 heteroatoms. The van der Waals surface area contributed by atoms with E-state index in [1.165, 1.54) is 4.90 Å². The lowest BCUT2D eigenvalue weighted by Gasteiger charge is -2.39. The van der Waals surface area contributed by atoms with Gasteiger partial charge in [-0.25, -0.2) is 0 Å². The molecule has 7 nitrogen and oxygen atoms in total. The van der Waals surface area contributed by atoms with Crippen LogP contribution >= 0.6 is 0 Å². The molecule has 0 aliphatic carbocycles. The number of halogens is 3. The number of nitrogens with one attached hydrogen (secondary N) is 2. The minimum Gasteiger partial charge on any atom is -0.487 e. The smallest absolute Gasteiger partial charge is 0.401 e. The van der Waals surface area contributed by atoms with Crippen LogP contribution < -0.4 is 15.4 Å². The van der Waals surface area contributed by atoms with Crippen LogP contribution in [0.3, 0.4) is 0 Å². The van der Waals surface area contributed by atoms with Crippen LogP contribution in [0.2, 0.25) is 0 Å². The number of benzene rings is 2. The highest BCUT2D eigenvalue weighted by Crippen LogP contribution is 2.32. The van der Waals surface area contributed by atoms with Crippen LogP contribution in [0.5, 0.6) is 5.75 Å². The molecule has 0 aromatic heterocycles. The number of fused-ring (bicyclic) bond motifs is 1. The maximum Gasteiger partial charge on any atom is 0.401 e. The van der Waals surface area contributed by atoms with Crippen LogP contribution in [0.4, 0.5) is 13.2 Å². The molecule has 0 spiro atoms. The van der Waals surface area contributed by atoms with Gasteiger partial charge in [0.05, 0.1) is 6.54 Å². The summed E-state index contributed by atoms with van der Waals surface area (Å²) >= 11 is 0. The van der Waals surface area contributed by atoms with Crippen LogP contribution in [-0.2, 0) is 17.9 Å². The Morgan fingerprint density at radius 1 is 1.11 bits per heavy atom. The zero-order valence-electron chi connectivity index (χ0n) is 21.0. The Morgan fingerprint density at radius 2 is 1.89 bits per heavy atom. The fourth-order valence-corrected chi connectivity index (χ4v) is 5.45. The predicted molar refractivity (Wildman–Crippen MR) is 135 cm³/mol. The fraction of sp³-hybridized carbons (Fsp3) is 0.429. The number of carbonyl (C=O) groups excluding carboxylic acids is 2. The second kappa shape index (κ2) is 10.8. The highest BCUT2D eigenvalue weighted by Gasteiger charge is 2.39. The summed E-state index contributed by atoms with van der Waals surface area (Å²) in [5, 5.41) is 6.19. The topological polar surface area (TPSA) is 73.9 Å². The predicted octanol–water partition coefficient (Wildman–Crippen LogP) is 3.61. The molecule has 0 bridgehead atoms. The first-order chi connectivity index (χ1) is 18.2. The summed E-state index contributed by atoms with van der Waals surface area (Å²) < 4.78 is 45.6. The number of ether oxygens (including phenoxy) is 1. The Labute approximate surface area is 219 Å². The highest BCUT2D eigenvalue weighted by atomic mass is 19.4. The van der Waals surface area contributed by atoms with Crippen molar-refractivity contribution in [2.75, 3.05) is 19.6 Å². The van der Waals surface area contributed by atoms with Gasteiger partial charge >= 0.3 is 6.18 Å². The van der Waals surface area contributed by atoms with E-state index in [-0.39, 0.29) is 30.9 Å². The van der Waals surface area contributed by atoms with Gasteiger partial charge in [0.1, 0.15) is 17.9 Å². The maximum atomic E-state index is 13.1. The molecule has 0 radical (unpaired) electrons. The minimum atomic E-state index is -4.29. The third-order valence-electron chi connectivity index (χ3n) is 7.35. The molecule has 2 amide bonds. The Morgan fingerprint density at radius 3 is 2.63 bits per heavy atom. The van der Waals surface area contributed by atoms with Crippen LogP contribution in [-0.4, -0.2) is 65.6 Å². The van der Waals surface area contributed by atoms with E-state index >= 15 is 0 Å². The molecule has 202 valence electrons. The molecule has 3 heterocycles. The quantitative estimate of drug-likeness (QED) is 0.575. The molecule has 3 unspecified atom stereocenters. The summed E-state index contributed by atoms with van der Waals surface area (Å²) in [4.78, 5) is 28.4. The number of hydrogen-bond donors (Lipinski definition) is 2. The Hall–Kier alpha value is -3.37. The summed E-state index contributed by atoms with van der Waals surface area (Å²) in [5.41, 5.74) is 2.97. The Bertz CT molecular complexity index is 1200. The molecule has 2 saturated heterocycles. The number of carbonyl (C=O) groups is 2. The second-order valence-corrected chi connectivity index (χ2v) is 10.2. The molecule has 3 aliphatic heterocycles. The SMILES string of the molecule is C=C1CCC(N2Cc3cc(OC4CN(CC(F)(F)F)CCC4NCc4ccccc4)ccc3C2=O)C(=O)N1. The van der Waals surface area contributed by atoms with Gasteiger partial charge in [0.2, 0.25) is 5.91 Å². The average molecular weight is 529 g/mol. The molecule has 2 aromatic rings. The number of alkyl halides is 3. The molecule has 2 N–H and O–H groups in total. The van der Waals surface area contributed by atoms with Crippen LogP contribution in [0, 0.1) is 0 Å². The molecular weight excluding hydrogens is 497 g/mol. The first kappa shape index (κ1) is 26.2. The van der Waals surface area contributed by atoms with E-state index < -0.39 is 24.9 Å². The standard InChI is InChI=1S/C28H31F3N4O3/c1-18-7-10-24(26(36)33-18)35-15-20-13-21(8-9-22(20)27(35)37)38-25-16-34(17-28(29,30)31)12-11-23(25)32-14-19-5-3-2-4-6-19/h2-6,8-9,13,23-25,32H,1,7,10-12,14-17H2,(H,33,36). The van der Waals surface area contributed by atoms with Gasteiger partial charge in [-0.05, 0) is 48.6 Å². The van der Waals surface area contributed by atoms with E-state index in [4.69, 9.17) is 4.74 Å². The Kier molecular flexibility index (Phi) is 7.45. The second-order valence-electron chi connectivity index (χ2n) is 10.2. The van der Waals surface area contributed by atoms with Gasteiger partial charge in [-0.15, -0.1) is 0 Å². The number of nitrogens with zero attached hydrogens (tertiary/aromatic N) is 2. The van der Waals surface area contributed by atoms with Gasteiger partial charge in [0.15, 0.2) is 0 Å². The largest absolute Gasteiger partial charge is 0.487 e.